The van der Waals surface area contributed by atoms with Crippen LogP contribution in [0.4, 0.5) is 0 Å². The lowest BCUT2D eigenvalue weighted by Crippen LogP contribution is -2.44. The summed E-state index contributed by atoms with van der Waals surface area (Å²) >= 11 is 1.35. The zero-order valence-corrected chi connectivity index (χ0v) is 20.0. The third-order valence-corrected chi connectivity index (χ3v) is 6.30. The maximum absolute atomic E-state index is 13.6. The van der Waals surface area contributed by atoms with Crippen LogP contribution < -0.4 is 0 Å². The predicted molar refractivity (Wildman–Crippen MR) is 121 cm³/mol. The zero-order valence-electron chi connectivity index (χ0n) is 19.2. The number of hydrogen-bond acceptors (Lipinski definition) is 6. The SMILES string of the molecule is CCOCCCN(C(=O)c1cccs1)C(C)C(=O)c1c(C)c(C(=O)OC)n(CC)c1C. The number of thiophene rings is 1. The minimum Gasteiger partial charge on any atom is -0.464 e. The highest BCUT2D eigenvalue weighted by Crippen LogP contribution is 2.26. The molecule has 0 spiro atoms. The molecule has 0 aliphatic carbocycles. The third kappa shape index (κ3) is 5.25. The Kier molecular flexibility index (Phi) is 9.00. The summed E-state index contributed by atoms with van der Waals surface area (Å²) in [5, 5.41) is 1.84. The van der Waals surface area contributed by atoms with Crippen LogP contribution in [-0.4, -0.2) is 60.0 Å². The van der Waals surface area contributed by atoms with Gasteiger partial charge < -0.3 is 18.9 Å². The molecule has 0 aliphatic heterocycles. The number of ether oxygens (including phenoxy) is 2. The fourth-order valence-electron chi connectivity index (χ4n) is 3.86. The van der Waals surface area contributed by atoms with Crippen molar-refractivity contribution < 1.29 is 23.9 Å². The lowest BCUT2D eigenvalue weighted by molar-refractivity contribution is 0.0585. The fraction of sp³-hybridized carbons (Fsp3) is 0.522. The van der Waals surface area contributed by atoms with E-state index < -0.39 is 12.0 Å². The van der Waals surface area contributed by atoms with Gasteiger partial charge in [0, 0.05) is 37.6 Å². The van der Waals surface area contributed by atoms with Gasteiger partial charge in [-0.25, -0.2) is 4.79 Å². The lowest BCUT2D eigenvalue weighted by Gasteiger charge is -2.28. The van der Waals surface area contributed by atoms with Crippen molar-refractivity contribution in [1.82, 2.24) is 9.47 Å². The minimum atomic E-state index is -0.688. The van der Waals surface area contributed by atoms with Crippen LogP contribution >= 0.6 is 11.3 Å². The van der Waals surface area contributed by atoms with Crippen LogP contribution in [-0.2, 0) is 16.0 Å². The predicted octanol–water partition coefficient (Wildman–Crippen LogP) is 4.11. The molecule has 2 rings (SSSR count). The number of ketones is 1. The lowest BCUT2D eigenvalue weighted by atomic mass is 9.99. The number of carbonyl (C=O) groups is 3. The maximum atomic E-state index is 13.6. The molecule has 0 aromatic carbocycles. The Labute approximate surface area is 187 Å². The van der Waals surface area contributed by atoms with Crippen molar-refractivity contribution in [2.75, 3.05) is 26.9 Å². The van der Waals surface area contributed by atoms with Crippen molar-refractivity contribution in [3.63, 3.8) is 0 Å². The quantitative estimate of drug-likeness (QED) is 0.294. The molecule has 0 N–H and O–H groups in total. The monoisotopic (exact) mass is 448 g/mol. The van der Waals surface area contributed by atoms with Gasteiger partial charge in [0.25, 0.3) is 5.91 Å². The van der Waals surface area contributed by atoms with E-state index in [1.807, 2.05) is 32.2 Å². The van der Waals surface area contributed by atoms with Crippen molar-refractivity contribution >= 4 is 29.0 Å². The van der Waals surface area contributed by atoms with Crippen LogP contribution in [0.2, 0.25) is 0 Å². The number of Topliss-reactive ketones (excluding diaryl/α,β-unsaturated/α-hetero) is 1. The molecular formula is C23H32N2O5S. The van der Waals surface area contributed by atoms with Crippen LogP contribution in [0, 0.1) is 13.8 Å². The van der Waals surface area contributed by atoms with Crippen LogP contribution in [0.15, 0.2) is 17.5 Å². The smallest absolute Gasteiger partial charge is 0.354 e. The number of carbonyl (C=O) groups excluding carboxylic acids is 3. The summed E-state index contributed by atoms with van der Waals surface area (Å²) < 4.78 is 12.1. The first-order valence-corrected chi connectivity index (χ1v) is 11.4. The number of aromatic nitrogens is 1. The van der Waals surface area contributed by atoms with Gasteiger partial charge in [0.1, 0.15) is 5.69 Å². The van der Waals surface area contributed by atoms with E-state index in [0.29, 0.717) is 60.1 Å². The van der Waals surface area contributed by atoms with Crippen LogP contribution in [0.1, 0.15) is 69.0 Å². The summed E-state index contributed by atoms with van der Waals surface area (Å²) in [4.78, 5) is 41.3. The first-order valence-electron chi connectivity index (χ1n) is 10.5. The standard InChI is InChI=1S/C23H32N2O5S/c1-7-24-16(4)19(15(3)20(24)23(28)29-6)21(26)17(5)25(12-10-13-30-8-2)22(27)18-11-9-14-31-18/h9,11,14,17H,7-8,10,12-13H2,1-6H3. The Balaban J connectivity index is 2.41. The molecule has 1 amide bonds. The summed E-state index contributed by atoms with van der Waals surface area (Å²) in [6, 6.07) is 2.90. The van der Waals surface area contributed by atoms with Gasteiger partial charge in [0.05, 0.1) is 18.0 Å². The molecule has 170 valence electrons. The van der Waals surface area contributed by atoms with Crippen molar-refractivity contribution in [2.24, 2.45) is 0 Å². The second-order valence-corrected chi connectivity index (χ2v) is 8.18. The molecule has 0 saturated carbocycles. The Morgan fingerprint density at radius 1 is 1.23 bits per heavy atom. The average molecular weight is 449 g/mol. The number of methoxy groups -OCH3 is 1. The Morgan fingerprint density at radius 2 is 1.94 bits per heavy atom. The molecule has 0 aliphatic rings. The molecule has 1 unspecified atom stereocenters. The Morgan fingerprint density at radius 3 is 2.48 bits per heavy atom. The molecule has 2 aromatic rings. The topological polar surface area (TPSA) is 77.8 Å². The number of nitrogens with zero attached hydrogens (tertiary/aromatic N) is 2. The minimum absolute atomic E-state index is 0.175. The van der Waals surface area contributed by atoms with Crippen molar-refractivity contribution in [1.29, 1.82) is 0 Å². The summed E-state index contributed by atoms with van der Waals surface area (Å²) in [5.74, 6) is -0.836. The fourth-order valence-corrected chi connectivity index (χ4v) is 4.54. The molecule has 0 bridgehead atoms. The summed E-state index contributed by atoms with van der Waals surface area (Å²) in [7, 11) is 1.33. The molecule has 2 aromatic heterocycles. The van der Waals surface area contributed by atoms with E-state index in [0.717, 1.165) is 0 Å². The molecule has 2 heterocycles. The van der Waals surface area contributed by atoms with Crippen molar-refractivity contribution in [3.05, 3.63) is 44.9 Å². The summed E-state index contributed by atoms with van der Waals surface area (Å²) in [5.41, 5.74) is 2.14. The van der Waals surface area contributed by atoms with Gasteiger partial charge in [0.2, 0.25) is 0 Å². The van der Waals surface area contributed by atoms with Crippen LogP contribution in [0.3, 0.4) is 0 Å². The van der Waals surface area contributed by atoms with Gasteiger partial charge >= 0.3 is 5.97 Å². The first-order chi connectivity index (χ1) is 14.8. The molecule has 31 heavy (non-hydrogen) atoms. The summed E-state index contributed by atoms with van der Waals surface area (Å²) in [6.45, 7) is 11.2. The molecule has 0 saturated heterocycles. The van der Waals surface area contributed by atoms with Crippen molar-refractivity contribution in [3.8, 4) is 0 Å². The van der Waals surface area contributed by atoms with Gasteiger partial charge in [-0.3, -0.25) is 9.59 Å². The number of hydrogen-bond donors (Lipinski definition) is 0. The van der Waals surface area contributed by atoms with E-state index in [9.17, 15) is 14.4 Å². The Bertz CT molecular complexity index is 917. The van der Waals surface area contributed by atoms with Gasteiger partial charge in [0.15, 0.2) is 5.78 Å². The van der Waals surface area contributed by atoms with E-state index >= 15 is 0 Å². The normalized spacial score (nSPS) is 11.9. The van der Waals surface area contributed by atoms with E-state index in [1.54, 1.807) is 29.4 Å². The Hall–Kier alpha value is -2.45. The van der Waals surface area contributed by atoms with E-state index in [2.05, 4.69) is 0 Å². The van der Waals surface area contributed by atoms with E-state index in [-0.39, 0.29) is 11.7 Å². The highest BCUT2D eigenvalue weighted by Gasteiger charge is 2.33. The van der Waals surface area contributed by atoms with Gasteiger partial charge in [-0.05, 0) is 58.0 Å². The highest BCUT2D eigenvalue weighted by molar-refractivity contribution is 7.12. The molecular weight excluding hydrogens is 416 g/mol. The van der Waals surface area contributed by atoms with E-state index in [1.165, 1.54) is 18.4 Å². The number of esters is 1. The second kappa shape index (κ2) is 11.2. The van der Waals surface area contributed by atoms with Crippen LogP contribution in [0.5, 0.6) is 0 Å². The second-order valence-electron chi connectivity index (χ2n) is 7.24. The first kappa shape index (κ1) is 24.8. The van der Waals surface area contributed by atoms with Crippen molar-refractivity contribution in [2.45, 2.75) is 53.6 Å². The number of amides is 1. The highest BCUT2D eigenvalue weighted by atomic mass is 32.1. The molecule has 0 radical (unpaired) electrons. The van der Waals surface area contributed by atoms with Crippen LogP contribution in [0.25, 0.3) is 0 Å². The number of rotatable bonds is 11. The third-order valence-electron chi connectivity index (χ3n) is 5.44. The molecule has 7 nitrogen and oxygen atoms in total. The summed E-state index contributed by atoms with van der Waals surface area (Å²) in [6.07, 6.45) is 0.629. The van der Waals surface area contributed by atoms with E-state index in [4.69, 9.17) is 9.47 Å². The molecule has 8 heteroatoms. The molecule has 1 atom stereocenters. The average Bonchev–Trinajstić information content (AvgIpc) is 3.38. The molecule has 0 fully saturated rings. The van der Waals surface area contributed by atoms with Gasteiger partial charge in [-0.15, -0.1) is 11.3 Å². The maximum Gasteiger partial charge on any atom is 0.354 e. The zero-order chi connectivity index (χ0) is 23.1. The largest absolute Gasteiger partial charge is 0.464 e. The van der Waals surface area contributed by atoms with Gasteiger partial charge in [-0.1, -0.05) is 6.07 Å². The van der Waals surface area contributed by atoms with Gasteiger partial charge in [-0.2, -0.15) is 0 Å².